The molecule has 3 nitrogen and oxygen atoms in total. The molecule has 1 fully saturated rings. The number of thioether (sulfide) groups is 1. The molecular weight excluding hydrogens is 236 g/mol. The number of hydrogen-bond acceptors (Lipinski definition) is 4. The number of hydrogen-bond donors (Lipinski definition) is 0. The minimum atomic E-state index is -0.592. The molecule has 1 aliphatic rings. The molecule has 17 heavy (non-hydrogen) atoms. The van der Waals surface area contributed by atoms with Gasteiger partial charge in [0.25, 0.3) is 0 Å². The monoisotopic (exact) mass is 250 g/mol. The van der Waals surface area contributed by atoms with Gasteiger partial charge in [0.05, 0.1) is 11.9 Å². The Morgan fingerprint density at radius 1 is 1.41 bits per heavy atom. The van der Waals surface area contributed by atoms with E-state index in [1.54, 1.807) is 6.92 Å². The molecule has 0 radical (unpaired) electrons. The largest absolute Gasteiger partial charge is 0.465 e. The summed E-state index contributed by atoms with van der Waals surface area (Å²) in [7, 11) is 0. The Morgan fingerprint density at radius 2 is 2.12 bits per heavy atom. The van der Waals surface area contributed by atoms with Gasteiger partial charge in [-0.1, -0.05) is 30.3 Å². The molecule has 1 saturated heterocycles. The molecule has 2 atom stereocenters. The van der Waals surface area contributed by atoms with E-state index in [4.69, 9.17) is 4.74 Å². The Morgan fingerprint density at radius 3 is 2.76 bits per heavy atom. The summed E-state index contributed by atoms with van der Waals surface area (Å²) in [5, 5.41) is -0.217. The number of ether oxygens (including phenoxy) is 1. The van der Waals surface area contributed by atoms with Gasteiger partial charge in [0.1, 0.15) is 5.92 Å². The summed E-state index contributed by atoms with van der Waals surface area (Å²) in [5.41, 5.74) is 0.967. The van der Waals surface area contributed by atoms with Crippen LogP contribution in [0.1, 0.15) is 17.7 Å². The second-order valence-corrected chi connectivity index (χ2v) is 4.97. The third-order valence-corrected chi connectivity index (χ3v) is 4.07. The molecule has 0 spiro atoms. The predicted octanol–water partition coefficient (Wildman–Crippen LogP) is 2.22. The lowest BCUT2D eigenvalue weighted by Gasteiger charge is -2.09. The molecule has 90 valence electrons. The van der Waals surface area contributed by atoms with Crippen molar-refractivity contribution in [2.75, 3.05) is 12.4 Å². The van der Waals surface area contributed by atoms with Gasteiger partial charge in [0.2, 0.25) is 0 Å². The van der Waals surface area contributed by atoms with Crippen LogP contribution >= 0.6 is 11.8 Å². The SMILES string of the molecule is CCOC(=O)C1CSC(c2ccccc2)C1=O. The van der Waals surface area contributed by atoms with Gasteiger partial charge in [-0.15, -0.1) is 11.8 Å². The molecule has 0 bridgehead atoms. The minimum absolute atomic E-state index is 0.0281. The van der Waals surface area contributed by atoms with E-state index in [1.807, 2.05) is 30.3 Å². The second kappa shape index (κ2) is 5.36. The average Bonchev–Trinajstić information content (AvgIpc) is 2.72. The summed E-state index contributed by atoms with van der Waals surface area (Å²) in [4.78, 5) is 23.7. The first-order valence-corrected chi connectivity index (χ1v) is 6.65. The highest BCUT2D eigenvalue weighted by molar-refractivity contribution is 8.00. The average molecular weight is 250 g/mol. The van der Waals surface area contributed by atoms with Crippen molar-refractivity contribution >= 4 is 23.5 Å². The van der Waals surface area contributed by atoms with Crippen LogP contribution in [0.25, 0.3) is 0 Å². The van der Waals surface area contributed by atoms with E-state index in [9.17, 15) is 9.59 Å². The number of benzene rings is 1. The Bertz CT molecular complexity index is 416. The first kappa shape index (κ1) is 12.2. The minimum Gasteiger partial charge on any atom is -0.465 e. The first-order chi connectivity index (χ1) is 8.24. The van der Waals surface area contributed by atoms with Crippen molar-refractivity contribution in [3.63, 3.8) is 0 Å². The lowest BCUT2D eigenvalue weighted by atomic mass is 9.99. The van der Waals surface area contributed by atoms with E-state index >= 15 is 0 Å². The molecule has 4 heteroatoms. The van der Waals surface area contributed by atoms with Gasteiger partial charge in [-0.2, -0.15) is 0 Å². The van der Waals surface area contributed by atoms with Crippen LogP contribution in [0.15, 0.2) is 30.3 Å². The fraction of sp³-hybridized carbons (Fsp3) is 0.385. The zero-order valence-electron chi connectivity index (χ0n) is 9.59. The fourth-order valence-electron chi connectivity index (χ4n) is 1.85. The van der Waals surface area contributed by atoms with Crippen molar-refractivity contribution in [3.05, 3.63) is 35.9 Å². The number of rotatable bonds is 3. The maximum Gasteiger partial charge on any atom is 0.317 e. The predicted molar refractivity (Wildman–Crippen MR) is 66.8 cm³/mol. The van der Waals surface area contributed by atoms with Gasteiger partial charge in [-0.25, -0.2) is 0 Å². The van der Waals surface area contributed by atoms with E-state index in [1.165, 1.54) is 11.8 Å². The summed E-state index contributed by atoms with van der Waals surface area (Å²) in [5.74, 6) is -0.481. The summed E-state index contributed by atoms with van der Waals surface area (Å²) in [6.07, 6.45) is 0. The van der Waals surface area contributed by atoms with Gasteiger partial charge >= 0.3 is 5.97 Å². The van der Waals surface area contributed by atoms with Crippen LogP contribution in [0.5, 0.6) is 0 Å². The number of esters is 1. The first-order valence-electron chi connectivity index (χ1n) is 5.61. The lowest BCUT2D eigenvalue weighted by Crippen LogP contribution is -2.25. The van der Waals surface area contributed by atoms with E-state index in [2.05, 4.69) is 0 Å². The Kier molecular flexibility index (Phi) is 3.84. The van der Waals surface area contributed by atoms with Crippen molar-refractivity contribution in [1.82, 2.24) is 0 Å². The summed E-state index contributed by atoms with van der Waals surface area (Å²) in [6.45, 7) is 2.07. The second-order valence-electron chi connectivity index (χ2n) is 3.83. The van der Waals surface area contributed by atoms with Crippen LogP contribution in [0.4, 0.5) is 0 Å². The molecule has 2 unspecified atom stereocenters. The Balaban J connectivity index is 2.10. The molecule has 0 aliphatic carbocycles. The van der Waals surface area contributed by atoms with Crippen LogP contribution in [0.2, 0.25) is 0 Å². The molecule has 1 aromatic carbocycles. The molecule has 1 aromatic rings. The standard InChI is InChI=1S/C13H14O3S/c1-2-16-13(15)10-8-17-12(11(10)14)9-6-4-3-5-7-9/h3-7,10,12H,2,8H2,1H3. The van der Waals surface area contributed by atoms with Crippen molar-refractivity contribution in [2.24, 2.45) is 5.92 Å². The normalized spacial score (nSPS) is 23.7. The molecule has 0 saturated carbocycles. The van der Waals surface area contributed by atoms with E-state index < -0.39 is 5.92 Å². The highest BCUT2D eigenvalue weighted by Crippen LogP contribution is 2.40. The number of Topliss-reactive ketones (excluding diaryl/α,β-unsaturated/α-hetero) is 1. The highest BCUT2D eigenvalue weighted by atomic mass is 32.2. The smallest absolute Gasteiger partial charge is 0.317 e. The molecule has 0 N–H and O–H groups in total. The van der Waals surface area contributed by atoms with Crippen LogP contribution in [0, 0.1) is 5.92 Å². The van der Waals surface area contributed by atoms with Gasteiger partial charge in [0, 0.05) is 5.75 Å². The van der Waals surface area contributed by atoms with Crippen LogP contribution in [-0.4, -0.2) is 24.1 Å². The van der Waals surface area contributed by atoms with Crippen molar-refractivity contribution in [2.45, 2.75) is 12.2 Å². The summed E-state index contributed by atoms with van der Waals surface area (Å²) < 4.78 is 4.91. The number of carbonyl (C=O) groups is 2. The number of carbonyl (C=O) groups excluding carboxylic acids is 2. The quantitative estimate of drug-likeness (QED) is 0.609. The van der Waals surface area contributed by atoms with Crippen molar-refractivity contribution < 1.29 is 14.3 Å². The van der Waals surface area contributed by atoms with Gasteiger partial charge in [-0.05, 0) is 12.5 Å². The maximum absolute atomic E-state index is 12.1. The van der Waals surface area contributed by atoms with Crippen molar-refractivity contribution in [1.29, 1.82) is 0 Å². The summed E-state index contributed by atoms with van der Waals surface area (Å²) in [6, 6.07) is 9.56. The molecular formula is C13H14O3S. The molecule has 2 rings (SSSR count). The highest BCUT2D eigenvalue weighted by Gasteiger charge is 2.40. The van der Waals surface area contributed by atoms with Crippen LogP contribution in [0.3, 0.4) is 0 Å². The molecule has 1 aliphatic heterocycles. The van der Waals surface area contributed by atoms with Crippen LogP contribution in [-0.2, 0) is 14.3 Å². The summed E-state index contributed by atoms with van der Waals surface area (Å²) >= 11 is 1.52. The Labute approximate surface area is 105 Å². The van der Waals surface area contributed by atoms with E-state index in [0.29, 0.717) is 12.4 Å². The zero-order valence-corrected chi connectivity index (χ0v) is 10.4. The number of ketones is 1. The fourth-order valence-corrected chi connectivity index (χ4v) is 3.22. The lowest BCUT2D eigenvalue weighted by molar-refractivity contribution is -0.150. The topological polar surface area (TPSA) is 43.4 Å². The third kappa shape index (κ3) is 2.52. The molecule has 0 amide bonds. The zero-order chi connectivity index (χ0) is 12.3. The molecule has 0 aromatic heterocycles. The van der Waals surface area contributed by atoms with E-state index in [-0.39, 0.29) is 17.0 Å². The van der Waals surface area contributed by atoms with Gasteiger partial charge in [0.15, 0.2) is 5.78 Å². The van der Waals surface area contributed by atoms with Crippen molar-refractivity contribution in [3.8, 4) is 0 Å². The molecule has 1 heterocycles. The van der Waals surface area contributed by atoms with Gasteiger partial charge < -0.3 is 4.74 Å². The Hall–Kier alpha value is -1.29. The maximum atomic E-state index is 12.1. The van der Waals surface area contributed by atoms with Crippen LogP contribution < -0.4 is 0 Å². The third-order valence-electron chi connectivity index (χ3n) is 2.70. The van der Waals surface area contributed by atoms with E-state index in [0.717, 1.165) is 5.56 Å². The van der Waals surface area contributed by atoms with Gasteiger partial charge in [-0.3, -0.25) is 9.59 Å².